The van der Waals surface area contributed by atoms with Gasteiger partial charge in [0.1, 0.15) is 0 Å². The Kier molecular flexibility index (Phi) is 7.43. The van der Waals surface area contributed by atoms with Crippen LogP contribution in [-0.4, -0.2) is 109 Å². The van der Waals surface area contributed by atoms with Gasteiger partial charge in [0.2, 0.25) is 0 Å². The molecule has 45 heavy (non-hydrogen) atoms. The monoisotopic (exact) mass is 682 g/mol. The van der Waals surface area contributed by atoms with Crippen LogP contribution < -0.4 is 17.0 Å². The first-order valence-electron chi connectivity index (χ1n) is 13.1. The maximum atomic E-state index is 15.9. The van der Waals surface area contributed by atoms with E-state index in [2.05, 4.69) is 29.9 Å². The van der Waals surface area contributed by atoms with E-state index in [1.54, 1.807) is 0 Å². The molecule has 0 bridgehead atoms. The molecule has 0 aromatic carbocycles. The van der Waals surface area contributed by atoms with Crippen molar-refractivity contribution in [2.24, 2.45) is 0 Å². The number of halogens is 2. The molecule has 7 rings (SSSR count). The first-order chi connectivity index (χ1) is 21.3. The molecule has 0 amide bonds. The van der Waals surface area contributed by atoms with Crippen molar-refractivity contribution in [1.29, 1.82) is 0 Å². The molecule has 3 fully saturated rings. The average Bonchev–Trinajstić information content (AvgIpc) is 3.72. The van der Waals surface area contributed by atoms with Crippen molar-refractivity contribution in [1.82, 2.24) is 39.0 Å². The van der Waals surface area contributed by atoms with Crippen molar-refractivity contribution in [3.05, 3.63) is 29.3 Å². The number of nitrogen functional groups attached to an aromatic ring is 2. The number of nitrogens with one attached hydrogen (secondary N) is 1. The molecular weight excluding hydrogens is 656 g/mol. The van der Waals surface area contributed by atoms with Crippen LogP contribution in [0.2, 0.25) is 0 Å². The number of fused-ring (bicyclic) bond motifs is 4. The summed E-state index contributed by atoms with van der Waals surface area (Å²) in [6.45, 7) is -1.68. The van der Waals surface area contributed by atoms with Gasteiger partial charge in [0.15, 0.2) is 0 Å². The van der Waals surface area contributed by atoms with Gasteiger partial charge in [-0.05, 0) is 0 Å². The number of anilines is 2. The molecule has 0 unspecified atom stereocenters. The SMILES string of the molecule is Nc1nc2c(ncn2[C@@H]2O[C@@H]3CO[PH](O)(O)O[C@H]4[C@@H](F)[C@H](n5cnc6c(N)ncnc65)O[C@@H]4CO[PH](O)(O)O[C@H]3[C@H]2F)c(=O)[nH]1. The van der Waals surface area contributed by atoms with Gasteiger partial charge in [0.05, 0.1) is 0 Å². The fourth-order valence-corrected chi connectivity index (χ4v) is 7.55. The van der Waals surface area contributed by atoms with Gasteiger partial charge in [0.25, 0.3) is 0 Å². The predicted octanol–water partition coefficient (Wildman–Crippen LogP) is -1.80. The van der Waals surface area contributed by atoms with E-state index in [4.69, 9.17) is 39.0 Å². The van der Waals surface area contributed by atoms with Crippen LogP contribution in [0.5, 0.6) is 0 Å². The van der Waals surface area contributed by atoms with Crippen LogP contribution in [0.15, 0.2) is 23.8 Å². The number of aromatic amines is 1. The van der Waals surface area contributed by atoms with E-state index in [1.165, 1.54) is 6.33 Å². The Balaban J connectivity index is 1.16. The van der Waals surface area contributed by atoms with E-state index in [9.17, 15) is 24.4 Å². The number of hydrogen-bond donors (Lipinski definition) is 7. The molecule has 3 aliphatic heterocycles. The third-order valence-electron chi connectivity index (χ3n) is 7.37. The van der Waals surface area contributed by atoms with E-state index >= 15 is 8.78 Å². The second-order valence-corrected chi connectivity index (χ2v) is 13.5. The van der Waals surface area contributed by atoms with E-state index in [0.29, 0.717) is 0 Å². The summed E-state index contributed by atoms with van der Waals surface area (Å²) < 4.78 is 66.3. The number of rotatable bonds is 2. The molecule has 3 aliphatic rings. The minimum absolute atomic E-state index is 0.00807. The molecule has 8 atom stereocenters. The Hall–Kier alpha value is -3.18. The van der Waals surface area contributed by atoms with Crippen molar-refractivity contribution < 1.29 is 55.9 Å². The Morgan fingerprint density at radius 1 is 0.822 bits per heavy atom. The molecule has 0 spiro atoms. The maximum absolute atomic E-state index is 15.9. The van der Waals surface area contributed by atoms with Crippen molar-refractivity contribution in [2.75, 3.05) is 24.7 Å². The summed E-state index contributed by atoms with van der Waals surface area (Å²) in [7, 11) is -10.5. The van der Waals surface area contributed by atoms with Gasteiger partial charge in [-0.25, -0.2) is 0 Å². The Bertz CT molecular complexity index is 1810. The van der Waals surface area contributed by atoms with Crippen LogP contribution in [0.4, 0.5) is 20.5 Å². The van der Waals surface area contributed by atoms with Gasteiger partial charge < -0.3 is 0 Å². The van der Waals surface area contributed by atoms with E-state index < -0.39 is 84.3 Å². The minimum atomic E-state index is -5.26. The van der Waals surface area contributed by atoms with E-state index in [1.807, 2.05) is 0 Å². The first kappa shape index (κ1) is 30.5. The number of nitrogens with two attached hydrogens (primary N) is 2. The predicted molar refractivity (Wildman–Crippen MR) is 147 cm³/mol. The molecule has 25 heteroatoms. The molecule has 4 aromatic rings. The van der Waals surface area contributed by atoms with Crippen molar-refractivity contribution in [3.63, 3.8) is 0 Å². The number of ether oxygens (including phenoxy) is 2. The summed E-state index contributed by atoms with van der Waals surface area (Å²) in [4.78, 5) is 76.8. The zero-order valence-corrected chi connectivity index (χ0v) is 24.5. The Morgan fingerprint density at radius 3 is 1.93 bits per heavy atom. The summed E-state index contributed by atoms with van der Waals surface area (Å²) in [5.74, 6) is -0.290. The number of alkyl halides is 2. The number of hydrogen-bond acceptors (Lipinski definition) is 18. The van der Waals surface area contributed by atoms with Gasteiger partial charge in [0, 0.05) is 0 Å². The molecule has 0 aliphatic carbocycles. The van der Waals surface area contributed by atoms with Crippen LogP contribution in [-0.2, 0) is 27.6 Å². The van der Waals surface area contributed by atoms with Gasteiger partial charge in [-0.2, -0.15) is 0 Å². The van der Waals surface area contributed by atoms with E-state index in [-0.39, 0.29) is 34.1 Å². The van der Waals surface area contributed by atoms with Gasteiger partial charge in [-0.1, -0.05) is 0 Å². The summed E-state index contributed by atoms with van der Waals surface area (Å²) in [6.07, 6.45) is -10.9. The number of imidazole rings is 2. The zero-order chi connectivity index (χ0) is 31.8. The van der Waals surface area contributed by atoms with E-state index in [0.717, 1.165) is 21.8 Å². The first-order valence-corrected chi connectivity index (χ1v) is 16.5. The van der Waals surface area contributed by atoms with Gasteiger partial charge in [-0.15, -0.1) is 0 Å². The topological polar surface area (TPSA) is 296 Å². The van der Waals surface area contributed by atoms with Crippen LogP contribution in [0.25, 0.3) is 22.3 Å². The zero-order valence-electron chi connectivity index (χ0n) is 22.5. The third kappa shape index (κ3) is 5.39. The molecule has 7 heterocycles. The van der Waals surface area contributed by atoms with Crippen molar-refractivity contribution in [2.45, 2.75) is 49.2 Å². The molecule has 21 nitrogen and oxygen atoms in total. The van der Waals surface area contributed by atoms with Crippen molar-refractivity contribution >= 4 is 50.4 Å². The fourth-order valence-electron chi connectivity index (χ4n) is 5.38. The van der Waals surface area contributed by atoms with Crippen LogP contribution in [0, 0.1) is 0 Å². The van der Waals surface area contributed by atoms with Gasteiger partial charge in [-0.3, -0.25) is 0 Å². The standard InChI is InChI=1S/C20H26F2N10O11P2/c21-8-12-6(40-18(8)31-4-27-10-14(23)25-3-26-15(10)31)1-38-45(36,37)43-13-7(2-39-44(34,35)42-12)41-19(9(13)22)32-5-28-11-16(32)29-20(24)30-17(11)33/h3-9,12-13,18-19,34-37,44-45H,1-2H2,(H2,23,25,26)(H3,24,29,30,33)/t6-,7-,8-,9-,12-,13-,18-,19-/m1/s1. The number of H-pyrrole nitrogens is 1. The molecule has 0 radical (unpaired) electrons. The molecule has 0 saturated carbocycles. The molecule has 9 N–H and O–H groups in total. The van der Waals surface area contributed by atoms with Crippen LogP contribution >= 0.6 is 16.3 Å². The van der Waals surface area contributed by atoms with Gasteiger partial charge >= 0.3 is 249 Å². The summed E-state index contributed by atoms with van der Waals surface area (Å²) in [5.41, 5.74) is 10.5. The molecule has 3 saturated heterocycles. The number of aromatic nitrogens is 8. The van der Waals surface area contributed by atoms with Crippen LogP contribution in [0.3, 0.4) is 0 Å². The summed E-state index contributed by atoms with van der Waals surface area (Å²) >= 11 is 0. The molecule has 246 valence electrons. The summed E-state index contributed by atoms with van der Waals surface area (Å²) in [5, 5.41) is 0. The normalized spacial score (nSPS) is 34.9. The quantitative estimate of drug-likeness (QED) is 0.115. The summed E-state index contributed by atoms with van der Waals surface area (Å²) in [6, 6.07) is 0. The number of nitrogens with zero attached hydrogens (tertiary/aromatic N) is 7. The second-order valence-electron chi connectivity index (χ2n) is 10.3. The van der Waals surface area contributed by atoms with Crippen molar-refractivity contribution in [3.8, 4) is 0 Å². The third-order valence-corrected chi connectivity index (χ3v) is 9.61. The molecular formula is C20H26F2N10O11P2. The Labute approximate surface area is 249 Å². The van der Waals surface area contributed by atoms with Crippen LogP contribution in [0.1, 0.15) is 12.5 Å². The molecule has 4 aromatic heterocycles. The Morgan fingerprint density at radius 2 is 1.36 bits per heavy atom. The second kappa shape index (κ2) is 11.0. The average molecular weight is 682 g/mol. The fraction of sp³-hybridized carbons (Fsp3) is 0.500.